The van der Waals surface area contributed by atoms with Crippen LogP contribution < -0.4 is 9.91 Å². The number of aryl methyl sites for hydroxylation is 1. The molecule has 2 atom stereocenters. The number of benzene rings is 2. The Morgan fingerprint density at radius 2 is 1.68 bits per heavy atom. The van der Waals surface area contributed by atoms with E-state index in [2.05, 4.69) is 5.10 Å². The van der Waals surface area contributed by atoms with Gasteiger partial charge in [-0.1, -0.05) is 35.9 Å². The van der Waals surface area contributed by atoms with Crippen molar-refractivity contribution in [2.24, 2.45) is 11.0 Å². The number of anilines is 2. The van der Waals surface area contributed by atoms with Gasteiger partial charge in [0.1, 0.15) is 12.0 Å². The maximum absolute atomic E-state index is 13.2. The monoisotopic (exact) mass is 377 g/mol. The van der Waals surface area contributed by atoms with E-state index in [0.29, 0.717) is 11.4 Å². The lowest BCUT2D eigenvalue weighted by molar-refractivity contribution is -0.136. The Kier molecular flexibility index (Phi) is 4.43. The predicted octanol–water partition coefficient (Wildman–Crippen LogP) is 2.29. The molecule has 0 aromatic heterocycles. The van der Waals surface area contributed by atoms with Gasteiger partial charge in [-0.25, -0.2) is 9.69 Å². The quantitative estimate of drug-likeness (QED) is 0.603. The van der Waals surface area contributed by atoms with E-state index < -0.39 is 29.7 Å². The lowest BCUT2D eigenvalue weighted by atomic mass is 9.98. The van der Waals surface area contributed by atoms with E-state index in [4.69, 9.17) is 4.74 Å². The molecule has 2 aliphatic rings. The van der Waals surface area contributed by atoms with E-state index in [1.54, 1.807) is 43.3 Å². The number of carbonyl (C=O) groups is 3. The molecule has 0 spiro atoms. The van der Waals surface area contributed by atoms with Crippen LogP contribution in [0.15, 0.2) is 59.7 Å². The number of nitrogens with zero attached hydrogens (tertiary/aromatic N) is 3. The van der Waals surface area contributed by atoms with Crippen LogP contribution in [0.2, 0.25) is 0 Å². The fourth-order valence-corrected chi connectivity index (χ4v) is 3.53. The Bertz CT molecular complexity index is 969. The highest BCUT2D eigenvalue weighted by molar-refractivity contribution is 6.47. The second-order valence-corrected chi connectivity index (χ2v) is 6.66. The van der Waals surface area contributed by atoms with Crippen molar-refractivity contribution < 1.29 is 19.1 Å². The van der Waals surface area contributed by atoms with Crippen molar-refractivity contribution in [2.45, 2.75) is 19.9 Å². The van der Waals surface area contributed by atoms with Crippen LogP contribution in [-0.4, -0.2) is 36.1 Å². The van der Waals surface area contributed by atoms with E-state index in [-0.39, 0.29) is 12.3 Å². The number of hydrazone groups is 1. The molecule has 2 aromatic carbocycles. The summed E-state index contributed by atoms with van der Waals surface area (Å²) in [4.78, 5) is 40.0. The molecule has 0 bridgehead atoms. The third kappa shape index (κ3) is 2.76. The summed E-state index contributed by atoms with van der Waals surface area (Å²) < 4.78 is 5.08. The molecule has 7 heteroatoms. The van der Waals surface area contributed by atoms with Crippen molar-refractivity contribution in [1.82, 2.24) is 0 Å². The summed E-state index contributed by atoms with van der Waals surface area (Å²) in [7, 11) is 0. The minimum Gasteiger partial charge on any atom is -0.461 e. The molecular weight excluding hydrogens is 358 g/mol. The summed E-state index contributed by atoms with van der Waals surface area (Å²) in [6, 6.07) is 15.2. The molecule has 2 amide bonds. The number of hydrogen-bond acceptors (Lipinski definition) is 6. The second kappa shape index (κ2) is 6.92. The topological polar surface area (TPSA) is 79.3 Å². The average Bonchev–Trinajstić information content (AvgIpc) is 3.21. The number of amides is 2. The molecular formula is C21H19N3O4. The second-order valence-electron chi connectivity index (χ2n) is 6.66. The fourth-order valence-electron chi connectivity index (χ4n) is 3.53. The van der Waals surface area contributed by atoms with Gasteiger partial charge in [0.15, 0.2) is 5.71 Å². The standard InChI is InChI=1S/C21H19N3O4/c1-3-28-21(27)17-16-18(24(22-17)15-7-5-4-6-8-15)20(26)23(19(16)25)14-11-9-13(2)10-12-14/h4-12,16,18H,3H2,1-2H3/t16-,18-/m1/s1. The first-order chi connectivity index (χ1) is 13.5. The zero-order valence-electron chi connectivity index (χ0n) is 15.5. The maximum Gasteiger partial charge on any atom is 0.355 e. The first-order valence-electron chi connectivity index (χ1n) is 9.07. The normalized spacial score (nSPS) is 21.0. The minimum atomic E-state index is -0.993. The summed E-state index contributed by atoms with van der Waals surface area (Å²) in [5.41, 5.74) is 2.08. The van der Waals surface area contributed by atoms with Crippen molar-refractivity contribution in [2.75, 3.05) is 16.5 Å². The predicted molar refractivity (Wildman–Crippen MR) is 104 cm³/mol. The Hall–Kier alpha value is -3.48. The van der Waals surface area contributed by atoms with E-state index in [1.165, 1.54) is 5.01 Å². The number of carbonyl (C=O) groups excluding carboxylic acids is 3. The average molecular weight is 377 g/mol. The van der Waals surface area contributed by atoms with Crippen LogP contribution in [0.4, 0.5) is 11.4 Å². The highest BCUT2D eigenvalue weighted by Crippen LogP contribution is 2.37. The molecule has 0 radical (unpaired) electrons. The van der Waals surface area contributed by atoms with Crippen molar-refractivity contribution in [1.29, 1.82) is 0 Å². The Morgan fingerprint density at radius 3 is 2.32 bits per heavy atom. The molecule has 0 saturated carbocycles. The molecule has 28 heavy (non-hydrogen) atoms. The third-order valence-corrected chi connectivity index (χ3v) is 4.85. The SMILES string of the molecule is CCOC(=O)C1=NN(c2ccccc2)[C@H]2C(=O)N(c3ccc(C)cc3)C(=O)[C@H]12. The van der Waals surface area contributed by atoms with Crippen LogP contribution in [0.25, 0.3) is 0 Å². The van der Waals surface area contributed by atoms with E-state index in [9.17, 15) is 14.4 Å². The highest BCUT2D eigenvalue weighted by atomic mass is 16.5. The maximum atomic E-state index is 13.2. The van der Waals surface area contributed by atoms with Crippen LogP contribution in [0, 0.1) is 12.8 Å². The molecule has 0 aliphatic carbocycles. The minimum absolute atomic E-state index is 0.0383. The zero-order valence-corrected chi connectivity index (χ0v) is 15.5. The van der Waals surface area contributed by atoms with Gasteiger partial charge < -0.3 is 4.74 Å². The van der Waals surface area contributed by atoms with Crippen LogP contribution >= 0.6 is 0 Å². The molecule has 142 valence electrons. The van der Waals surface area contributed by atoms with Crippen molar-refractivity contribution in [3.63, 3.8) is 0 Å². The number of rotatable bonds is 4. The summed E-state index contributed by atoms with van der Waals surface area (Å²) in [6.45, 7) is 3.76. The first kappa shape index (κ1) is 17.9. The van der Waals surface area contributed by atoms with Gasteiger partial charge in [-0.15, -0.1) is 0 Å². The lowest BCUT2D eigenvalue weighted by Gasteiger charge is -2.22. The summed E-state index contributed by atoms with van der Waals surface area (Å²) in [5.74, 6) is -2.55. The third-order valence-electron chi connectivity index (χ3n) is 4.85. The van der Waals surface area contributed by atoms with Crippen LogP contribution in [0.3, 0.4) is 0 Å². The van der Waals surface area contributed by atoms with Gasteiger partial charge >= 0.3 is 5.97 Å². The van der Waals surface area contributed by atoms with Crippen molar-refractivity contribution in [3.8, 4) is 0 Å². The van der Waals surface area contributed by atoms with Gasteiger partial charge in [-0.2, -0.15) is 5.10 Å². The van der Waals surface area contributed by atoms with E-state index in [1.807, 2.05) is 25.1 Å². The van der Waals surface area contributed by atoms with Gasteiger partial charge in [0.05, 0.1) is 18.0 Å². The molecule has 7 nitrogen and oxygen atoms in total. The van der Waals surface area contributed by atoms with E-state index >= 15 is 0 Å². The Morgan fingerprint density at radius 1 is 1.00 bits per heavy atom. The largest absolute Gasteiger partial charge is 0.461 e. The molecule has 0 N–H and O–H groups in total. The van der Waals surface area contributed by atoms with Crippen molar-refractivity contribution in [3.05, 3.63) is 60.2 Å². The molecule has 2 heterocycles. The van der Waals surface area contributed by atoms with Crippen molar-refractivity contribution >= 4 is 34.9 Å². The van der Waals surface area contributed by atoms with Gasteiger partial charge in [0.2, 0.25) is 5.91 Å². The molecule has 1 fully saturated rings. The number of imide groups is 1. The van der Waals surface area contributed by atoms with E-state index in [0.717, 1.165) is 10.5 Å². The molecule has 2 aliphatic heterocycles. The molecule has 4 rings (SSSR count). The van der Waals surface area contributed by atoms with Gasteiger partial charge in [0.25, 0.3) is 5.91 Å². The summed E-state index contributed by atoms with van der Waals surface area (Å²) in [5, 5.41) is 5.76. The lowest BCUT2D eigenvalue weighted by Crippen LogP contribution is -2.39. The summed E-state index contributed by atoms with van der Waals surface area (Å²) in [6.07, 6.45) is 0. The number of para-hydroxylation sites is 1. The Labute approximate surface area is 162 Å². The van der Waals surface area contributed by atoms with Gasteiger partial charge in [-0.3, -0.25) is 14.6 Å². The van der Waals surface area contributed by atoms with Crippen LogP contribution in [0.1, 0.15) is 12.5 Å². The molecule has 1 saturated heterocycles. The zero-order chi connectivity index (χ0) is 19.8. The Balaban J connectivity index is 1.78. The van der Waals surface area contributed by atoms with Crippen LogP contribution in [0.5, 0.6) is 0 Å². The smallest absolute Gasteiger partial charge is 0.355 e. The fraction of sp³-hybridized carbons (Fsp3) is 0.238. The highest BCUT2D eigenvalue weighted by Gasteiger charge is 2.59. The van der Waals surface area contributed by atoms with Gasteiger partial charge in [-0.05, 0) is 38.1 Å². The molecule has 2 aromatic rings. The summed E-state index contributed by atoms with van der Waals surface area (Å²) >= 11 is 0. The van der Waals surface area contributed by atoms with Crippen LogP contribution in [-0.2, 0) is 19.1 Å². The number of fused-ring (bicyclic) bond motifs is 1. The number of ether oxygens (including phenoxy) is 1. The number of esters is 1. The number of hydrogen-bond donors (Lipinski definition) is 0. The van der Waals surface area contributed by atoms with Gasteiger partial charge in [0, 0.05) is 0 Å². The molecule has 0 unspecified atom stereocenters. The first-order valence-corrected chi connectivity index (χ1v) is 9.07.